The fraction of sp³-hybridized carbons (Fsp3) is 0.476. The van der Waals surface area contributed by atoms with E-state index in [1.807, 2.05) is 0 Å². The predicted molar refractivity (Wildman–Crippen MR) is 124 cm³/mol. The van der Waals surface area contributed by atoms with Crippen LogP contribution < -0.4 is 21.7 Å². The molecule has 0 fully saturated rings. The van der Waals surface area contributed by atoms with Gasteiger partial charge in [0.1, 0.15) is 18.1 Å². The fourth-order valence-corrected chi connectivity index (χ4v) is 3.32. The third kappa shape index (κ3) is 10.2. The van der Waals surface area contributed by atoms with E-state index in [0.29, 0.717) is 11.3 Å². The number of rotatable bonds is 15. The lowest BCUT2D eigenvalue weighted by Crippen LogP contribution is -2.58. The molecule has 1 rings (SSSR count). The van der Waals surface area contributed by atoms with Gasteiger partial charge in [-0.05, 0) is 24.0 Å². The highest BCUT2D eigenvalue weighted by Crippen LogP contribution is 2.07. The van der Waals surface area contributed by atoms with Gasteiger partial charge in [-0.1, -0.05) is 30.3 Å². The van der Waals surface area contributed by atoms with Gasteiger partial charge in [0.15, 0.2) is 0 Å². The van der Waals surface area contributed by atoms with Crippen LogP contribution in [0.1, 0.15) is 18.4 Å². The number of thioether (sulfide) groups is 1. The molecule has 1 aromatic carbocycles. The first-order valence-electron chi connectivity index (χ1n) is 10.3. The molecule has 0 heterocycles. The van der Waals surface area contributed by atoms with Gasteiger partial charge in [0.2, 0.25) is 17.7 Å². The maximum atomic E-state index is 13.1. The Morgan fingerprint density at radius 3 is 2.00 bits per heavy atom. The van der Waals surface area contributed by atoms with Crippen molar-refractivity contribution in [2.45, 2.75) is 43.4 Å². The highest BCUT2D eigenvalue weighted by Gasteiger charge is 2.30. The molecule has 13 heteroatoms. The van der Waals surface area contributed by atoms with Crippen LogP contribution in [0.15, 0.2) is 30.3 Å². The number of aliphatic hydroxyl groups is 1. The van der Waals surface area contributed by atoms with Gasteiger partial charge in [0.05, 0.1) is 19.1 Å². The number of amides is 3. The Morgan fingerprint density at radius 2 is 1.47 bits per heavy atom. The van der Waals surface area contributed by atoms with Gasteiger partial charge >= 0.3 is 11.9 Å². The lowest BCUT2D eigenvalue weighted by Gasteiger charge is -2.25. The van der Waals surface area contributed by atoms with Crippen molar-refractivity contribution in [2.24, 2.45) is 5.73 Å². The first-order chi connectivity index (χ1) is 16.1. The minimum atomic E-state index is -1.55. The molecule has 0 aromatic heterocycles. The number of aliphatic carboxylic acids is 2. The molecule has 3 amide bonds. The number of carboxylic acid groups (broad SMARTS) is 2. The van der Waals surface area contributed by atoms with E-state index >= 15 is 0 Å². The Morgan fingerprint density at radius 1 is 0.912 bits per heavy atom. The summed E-state index contributed by atoms with van der Waals surface area (Å²) in [5.74, 6) is -4.67. The summed E-state index contributed by atoms with van der Waals surface area (Å²) < 4.78 is 0. The Balaban J connectivity index is 3.05. The minimum absolute atomic E-state index is 0.0312. The standard InChI is InChI=1S/C21H30N4O8S/c1-34-8-7-14(19(30)25-16(11-26)21(32)33)23-20(31)15(9-12-5-3-2-4-6-12)24-18(29)13(22)10-17(27)28/h2-6,13-16,26H,7-11,22H2,1H3,(H,23,31)(H,24,29)(H,25,30)(H,27,28)(H,32,33)/t13-,14-,15-,16-/m0/s1. The van der Waals surface area contributed by atoms with Gasteiger partial charge in [0.25, 0.3) is 0 Å². The number of carboxylic acids is 2. The molecule has 8 N–H and O–H groups in total. The monoisotopic (exact) mass is 498 g/mol. The lowest BCUT2D eigenvalue weighted by molar-refractivity contribution is -0.143. The topological polar surface area (TPSA) is 208 Å². The largest absolute Gasteiger partial charge is 0.481 e. The van der Waals surface area contributed by atoms with Gasteiger partial charge in [-0.2, -0.15) is 11.8 Å². The maximum Gasteiger partial charge on any atom is 0.328 e. The molecule has 0 unspecified atom stereocenters. The Hall–Kier alpha value is -3.16. The van der Waals surface area contributed by atoms with Gasteiger partial charge in [-0.15, -0.1) is 0 Å². The molecule has 0 aliphatic heterocycles. The first kappa shape index (κ1) is 28.9. The molecule has 0 aliphatic rings. The van der Waals surface area contributed by atoms with Crippen LogP contribution >= 0.6 is 11.8 Å². The second kappa shape index (κ2) is 14.9. The number of carbonyl (C=O) groups is 5. The third-order valence-electron chi connectivity index (χ3n) is 4.69. The second-order valence-corrected chi connectivity index (χ2v) is 8.37. The summed E-state index contributed by atoms with van der Waals surface area (Å²) in [6, 6.07) is 3.41. The zero-order chi connectivity index (χ0) is 25.7. The van der Waals surface area contributed by atoms with Crippen molar-refractivity contribution in [1.29, 1.82) is 0 Å². The highest BCUT2D eigenvalue weighted by molar-refractivity contribution is 7.98. The highest BCUT2D eigenvalue weighted by atomic mass is 32.2. The molecule has 0 bridgehead atoms. The number of hydrogen-bond acceptors (Lipinski definition) is 8. The minimum Gasteiger partial charge on any atom is -0.481 e. The van der Waals surface area contributed by atoms with E-state index in [-0.39, 0.29) is 12.8 Å². The summed E-state index contributed by atoms with van der Waals surface area (Å²) >= 11 is 1.40. The Bertz CT molecular complexity index is 854. The lowest BCUT2D eigenvalue weighted by atomic mass is 10.0. The number of benzene rings is 1. The summed E-state index contributed by atoms with van der Waals surface area (Å²) in [6.07, 6.45) is 1.33. The summed E-state index contributed by atoms with van der Waals surface area (Å²) in [7, 11) is 0. The molecule has 0 radical (unpaired) electrons. The smallest absolute Gasteiger partial charge is 0.328 e. The molecule has 4 atom stereocenters. The van der Waals surface area contributed by atoms with Crippen molar-refractivity contribution in [3.63, 3.8) is 0 Å². The van der Waals surface area contributed by atoms with Crippen LogP contribution in [-0.2, 0) is 30.4 Å². The van der Waals surface area contributed by atoms with E-state index in [2.05, 4.69) is 16.0 Å². The summed E-state index contributed by atoms with van der Waals surface area (Å²) in [5, 5.41) is 34.2. The van der Waals surface area contributed by atoms with Crippen LogP contribution in [-0.4, -0.2) is 87.8 Å². The molecule has 0 saturated heterocycles. The molecule has 0 aliphatic carbocycles. The van der Waals surface area contributed by atoms with Crippen LogP contribution in [0, 0.1) is 0 Å². The van der Waals surface area contributed by atoms with Crippen molar-refractivity contribution >= 4 is 41.4 Å². The number of hydrogen-bond donors (Lipinski definition) is 7. The fourth-order valence-electron chi connectivity index (χ4n) is 2.85. The summed E-state index contributed by atoms with van der Waals surface area (Å²) in [6.45, 7) is -0.835. The molecule has 1 aromatic rings. The van der Waals surface area contributed by atoms with Crippen molar-refractivity contribution in [2.75, 3.05) is 18.6 Å². The first-order valence-corrected chi connectivity index (χ1v) is 11.7. The Labute approximate surface area is 200 Å². The van der Waals surface area contributed by atoms with Crippen molar-refractivity contribution < 1.29 is 39.3 Å². The summed E-state index contributed by atoms with van der Waals surface area (Å²) in [4.78, 5) is 60.0. The second-order valence-electron chi connectivity index (χ2n) is 7.38. The van der Waals surface area contributed by atoms with Crippen LogP contribution in [0.2, 0.25) is 0 Å². The maximum absolute atomic E-state index is 13.1. The number of aliphatic hydroxyl groups excluding tert-OH is 1. The molecule has 12 nitrogen and oxygen atoms in total. The van der Waals surface area contributed by atoms with Gasteiger partial charge < -0.3 is 37.0 Å². The molecule has 0 spiro atoms. The molecule has 34 heavy (non-hydrogen) atoms. The molecular formula is C21H30N4O8S. The van der Waals surface area contributed by atoms with Crippen molar-refractivity contribution in [3.05, 3.63) is 35.9 Å². The van der Waals surface area contributed by atoms with Crippen LogP contribution in [0.4, 0.5) is 0 Å². The quantitative estimate of drug-likeness (QED) is 0.146. The molecular weight excluding hydrogens is 468 g/mol. The van der Waals surface area contributed by atoms with Crippen molar-refractivity contribution in [3.8, 4) is 0 Å². The van der Waals surface area contributed by atoms with E-state index in [1.54, 1.807) is 36.6 Å². The third-order valence-corrected chi connectivity index (χ3v) is 5.33. The normalized spacial score (nSPS) is 14.2. The van der Waals surface area contributed by atoms with E-state index in [9.17, 15) is 24.0 Å². The van der Waals surface area contributed by atoms with E-state index < -0.39 is 66.9 Å². The zero-order valence-electron chi connectivity index (χ0n) is 18.6. The van der Waals surface area contributed by atoms with E-state index in [1.165, 1.54) is 11.8 Å². The Kier molecular flexibility index (Phi) is 12.6. The molecule has 0 saturated carbocycles. The number of nitrogens with one attached hydrogen (secondary N) is 3. The SMILES string of the molecule is CSCC[C@H](NC(=O)[C@H](Cc1ccccc1)NC(=O)[C@@H](N)CC(=O)O)C(=O)N[C@@H](CO)C(=O)O. The van der Waals surface area contributed by atoms with Crippen LogP contribution in [0.5, 0.6) is 0 Å². The molecule has 188 valence electrons. The average Bonchev–Trinajstić information content (AvgIpc) is 2.79. The van der Waals surface area contributed by atoms with Crippen LogP contribution in [0.3, 0.4) is 0 Å². The van der Waals surface area contributed by atoms with Gasteiger partial charge in [0, 0.05) is 6.42 Å². The van der Waals surface area contributed by atoms with Crippen molar-refractivity contribution in [1.82, 2.24) is 16.0 Å². The average molecular weight is 499 g/mol. The van der Waals surface area contributed by atoms with Gasteiger partial charge in [-0.3, -0.25) is 19.2 Å². The number of nitrogens with two attached hydrogens (primary N) is 1. The van der Waals surface area contributed by atoms with Gasteiger partial charge in [-0.25, -0.2) is 4.79 Å². The predicted octanol–water partition coefficient (Wildman–Crippen LogP) is -1.68. The van der Waals surface area contributed by atoms with E-state index in [4.69, 9.17) is 21.1 Å². The van der Waals surface area contributed by atoms with E-state index in [0.717, 1.165) is 0 Å². The summed E-state index contributed by atoms with van der Waals surface area (Å²) in [5.41, 5.74) is 6.29. The zero-order valence-corrected chi connectivity index (χ0v) is 19.4. The van der Waals surface area contributed by atoms with Crippen LogP contribution in [0.25, 0.3) is 0 Å². The number of carbonyl (C=O) groups excluding carboxylic acids is 3.